The summed E-state index contributed by atoms with van der Waals surface area (Å²) in [5, 5.41) is 0. The second-order valence-corrected chi connectivity index (χ2v) is 6.45. The van der Waals surface area contributed by atoms with E-state index in [-0.39, 0.29) is 11.8 Å². The van der Waals surface area contributed by atoms with Crippen molar-refractivity contribution in [3.05, 3.63) is 29.1 Å². The number of rotatable bonds is 6. The molecule has 0 fully saturated rings. The fourth-order valence-electron chi connectivity index (χ4n) is 2.15. The van der Waals surface area contributed by atoms with Gasteiger partial charge in [0.1, 0.15) is 0 Å². The summed E-state index contributed by atoms with van der Waals surface area (Å²) in [6.07, 6.45) is 2.30. The third kappa shape index (κ3) is 5.58. The zero-order chi connectivity index (χ0) is 16.2. The maximum absolute atomic E-state index is 14.3. The molecule has 0 saturated heterocycles. The van der Waals surface area contributed by atoms with Crippen LogP contribution in [0.25, 0.3) is 0 Å². The Hall–Kier alpha value is -1.23. The lowest BCUT2D eigenvalue weighted by Crippen LogP contribution is -2.17. The molecular weight excluding hydrogens is 279 g/mol. The summed E-state index contributed by atoms with van der Waals surface area (Å²) in [4.78, 5) is 0. The summed E-state index contributed by atoms with van der Waals surface area (Å²) in [6, 6.07) is 3.18. The Morgan fingerprint density at radius 3 is 2.33 bits per heavy atom. The average Bonchev–Trinajstić information content (AvgIpc) is 2.30. The van der Waals surface area contributed by atoms with Gasteiger partial charge in [0.15, 0.2) is 11.6 Å². The highest BCUT2D eigenvalue weighted by Crippen LogP contribution is 2.33. The Labute approximate surface area is 124 Å². The van der Waals surface area contributed by atoms with E-state index >= 15 is 0 Å². The van der Waals surface area contributed by atoms with E-state index in [2.05, 4.69) is 4.74 Å². The van der Waals surface area contributed by atoms with Gasteiger partial charge < -0.3 is 10.5 Å². The van der Waals surface area contributed by atoms with Gasteiger partial charge in [-0.1, -0.05) is 26.8 Å². The van der Waals surface area contributed by atoms with E-state index in [0.29, 0.717) is 12.0 Å². The number of nitrogens with two attached hydrogens (primary N) is 1. The number of benzene rings is 1. The molecule has 120 valence electrons. The molecule has 0 saturated carbocycles. The van der Waals surface area contributed by atoms with E-state index in [9.17, 15) is 13.2 Å². The van der Waals surface area contributed by atoms with Crippen LogP contribution in [0.2, 0.25) is 0 Å². The van der Waals surface area contributed by atoms with Crippen LogP contribution in [-0.2, 0) is 11.8 Å². The van der Waals surface area contributed by atoms with Gasteiger partial charge >= 0.3 is 6.61 Å². The van der Waals surface area contributed by atoms with Crippen LogP contribution in [-0.4, -0.2) is 12.7 Å². The van der Waals surface area contributed by atoms with Gasteiger partial charge in [0.25, 0.3) is 0 Å². The van der Waals surface area contributed by atoms with E-state index in [4.69, 9.17) is 5.73 Å². The molecule has 1 aromatic carbocycles. The first kappa shape index (κ1) is 17.8. The number of halogens is 3. The standard InChI is InChI=1S/C16H24F3NO/c1-10(20)6-5-7-11-8-12(16(2,3)4)14(17)13(9-11)21-15(18)19/h8-10,15H,5-7,20H2,1-4H3/t10-/m0/s1. The largest absolute Gasteiger partial charge is 0.432 e. The number of hydrogen-bond acceptors (Lipinski definition) is 2. The lowest BCUT2D eigenvalue weighted by Gasteiger charge is -2.22. The van der Waals surface area contributed by atoms with Crippen molar-refractivity contribution in [2.75, 3.05) is 0 Å². The van der Waals surface area contributed by atoms with E-state index in [1.54, 1.807) is 6.07 Å². The van der Waals surface area contributed by atoms with Crippen LogP contribution in [0.3, 0.4) is 0 Å². The van der Waals surface area contributed by atoms with E-state index in [1.807, 2.05) is 27.7 Å². The number of alkyl halides is 2. The second kappa shape index (κ2) is 7.16. The first-order valence-corrected chi connectivity index (χ1v) is 7.14. The van der Waals surface area contributed by atoms with Crippen LogP contribution >= 0.6 is 0 Å². The quantitative estimate of drug-likeness (QED) is 0.845. The number of aryl methyl sites for hydroxylation is 1. The minimum absolute atomic E-state index is 0.0873. The van der Waals surface area contributed by atoms with Gasteiger partial charge in [-0.3, -0.25) is 0 Å². The van der Waals surface area contributed by atoms with Crippen molar-refractivity contribution in [1.82, 2.24) is 0 Å². The lowest BCUT2D eigenvalue weighted by atomic mass is 9.85. The molecule has 2 nitrogen and oxygen atoms in total. The van der Waals surface area contributed by atoms with Crippen molar-refractivity contribution in [2.45, 2.75) is 65.0 Å². The van der Waals surface area contributed by atoms with Crippen molar-refractivity contribution in [3.8, 4) is 5.75 Å². The maximum Gasteiger partial charge on any atom is 0.387 e. The summed E-state index contributed by atoms with van der Waals surface area (Å²) in [7, 11) is 0. The van der Waals surface area contributed by atoms with E-state index in [1.165, 1.54) is 6.07 Å². The predicted molar refractivity (Wildman–Crippen MR) is 78.3 cm³/mol. The SMILES string of the molecule is C[C@H](N)CCCc1cc(OC(F)F)c(F)c(C(C)(C)C)c1. The molecule has 0 radical (unpaired) electrons. The first-order chi connectivity index (χ1) is 9.61. The van der Waals surface area contributed by atoms with Gasteiger partial charge in [-0.15, -0.1) is 0 Å². The Morgan fingerprint density at radius 2 is 1.86 bits per heavy atom. The summed E-state index contributed by atoms with van der Waals surface area (Å²) in [5.74, 6) is -1.09. The van der Waals surface area contributed by atoms with Crippen molar-refractivity contribution in [2.24, 2.45) is 5.73 Å². The molecule has 0 aliphatic rings. The molecular formula is C16H24F3NO. The molecule has 21 heavy (non-hydrogen) atoms. The molecule has 1 aromatic rings. The fraction of sp³-hybridized carbons (Fsp3) is 0.625. The van der Waals surface area contributed by atoms with Gasteiger partial charge in [-0.05, 0) is 48.8 Å². The van der Waals surface area contributed by atoms with Gasteiger partial charge in [-0.2, -0.15) is 8.78 Å². The average molecular weight is 303 g/mol. The molecule has 0 bridgehead atoms. The van der Waals surface area contributed by atoms with Gasteiger partial charge in [0.2, 0.25) is 0 Å². The summed E-state index contributed by atoms with van der Waals surface area (Å²) < 4.78 is 43.4. The van der Waals surface area contributed by atoms with Gasteiger partial charge in [0, 0.05) is 6.04 Å². The van der Waals surface area contributed by atoms with Crippen molar-refractivity contribution in [3.63, 3.8) is 0 Å². The molecule has 0 heterocycles. The Kier molecular flexibility index (Phi) is 6.08. The van der Waals surface area contributed by atoms with Crippen LogP contribution in [0.4, 0.5) is 13.2 Å². The van der Waals surface area contributed by atoms with Crippen molar-refractivity contribution in [1.29, 1.82) is 0 Å². The molecule has 0 unspecified atom stereocenters. The highest BCUT2D eigenvalue weighted by molar-refractivity contribution is 5.40. The Balaban J connectivity index is 3.08. The molecule has 5 heteroatoms. The summed E-state index contributed by atoms with van der Waals surface area (Å²) in [6.45, 7) is 4.39. The summed E-state index contributed by atoms with van der Waals surface area (Å²) in [5.41, 5.74) is 6.38. The molecule has 1 rings (SSSR count). The third-order valence-corrected chi connectivity index (χ3v) is 3.25. The van der Waals surface area contributed by atoms with Gasteiger partial charge in [-0.25, -0.2) is 4.39 Å². The predicted octanol–water partition coefficient (Wildman–Crippen LogP) is 4.39. The third-order valence-electron chi connectivity index (χ3n) is 3.25. The smallest absolute Gasteiger partial charge is 0.387 e. The van der Waals surface area contributed by atoms with Crippen molar-refractivity contribution >= 4 is 0 Å². The molecule has 0 amide bonds. The molecule has 1 atom stereocenters. The van der Waals surface area contributed by atoms with Crippen LogP contribution in [0.5, 0.6) is 5.75 Å². The minimum Gasteiger partial charge on any atom is -0.432 e. The van der Waals surface area contributed by atoms with E-state index < -0.39 is 17.8 Å². The second-order valence-electron chi connectivity index (χ2n) is 6.45. The topological polar surface area (TPSA) is 35.2 Å². The van der Waals surface area contributed by atoms with Crippen LogP contribution in [0.15, 0.2) is 12.1 Å². The first-order valence-electron chi connectivity index (χ1n) is 7.14. The highest BCUT2D eigenvalue weighted by atomic mass is 19.3. The molecule has 2 N–H and O–H groups in total. The molecule has 0 aliphatic carbocycles. The number of ether oxygens (including phenoxy) is 1. The molecule has 0 aromatic heterocycles. The maximum atomic E-state index is 14.3. The fourth-order valence-corrected chi connectivity index (χ4v) is 2.15. The van der Waals surface area contributed by atoms with Crippen LogP contribution in [0, 0.1) is 5.82 Å². The van der Waals surface area contributed by atoms with Crippen LogP contribution in [0.1, 0.15) is 51.7 Å². The Morgan fingerprint density at radius 1 is 1.24 bits per heavy atom. The van der Waals surface area contributed by atoms with Crippen LogP contribution < -0.4 is 10.5 Å². The monoisotopic (exact) mass is 303 g/mol. The van der Waals surface area contributed by atoms with Gasteiger partial charge in [0.05, 0.1) is 0 Å². The normalized spacial score (nSPS) is 13.6. The van der Waals surface area contributed by atoms with E-state index in [0.717, 1.165) is 18.4 Å². The van der Waals surface area contributed by atoms with Crippen molar-refractivity contribution < 1.29 is 17.9 Å². The number of hydrogen-bond donors (Lipinski definition) is 1. The highest BCUT2D eigenvalue weighted by Gasteiger charge is 2.23. The molecule has 0 aliphatic heterocycles. The zero-order valence-electron chi connectivity index (χ0n) is 13.1. The zero-order valence-corrected chi connectivity index (χ0v) is 13.1. The lowest BCUT2D eigenvalue weighted by molar-refractivity contribution is -0.0524. The minimum atomic E-state index is -3.04. The molecule has 0 spiro atoms. The summed E-state index contributed by atoms with van der Waals surface area (Å²) >= 11 is 0. The Bertz CT molecular complexity index is 467.